The van der Waals surface area contributed by atoms with E-state index in [0.717, 1.165) is 17.7 Å². The van der Waals surface area contributed by atoms with Crippen LogP contribution in [0.25, 0.3) is 22.1 Å². The van der Waals surface area contributed by atoms with Gasteiger partial charge in [-0.1, -0.05) is 159 Å². The van der Waals surface area contributed by atoms with Crippen LogP contribution >= 0.6 is 0 Å². The molecule has 6 aromatic carbocycles. The van der Waals surface area contributed by atoms with Crippen molar-refractivity contribution in [1.29, 1.82) is 0 Å². The lowest BCUT2D eigenvalue weighted by molar-refractivity contribution is 0.188. The van der Waals surface area contributed by atoms with E-state index in [9.17, 15) is 0 Å². The molecular weight excluding hydrogens is 908 g/mol. The van der Waals surface area contributed by atoms with Crippen LogP contribution in [0, 0.1) is 6.92 Å². The Kier molecular flexibility index (Phi) is 10.1. The molecular formula is C71H83BN2O. The van der Waals surface area contributed by atoms with Crippen molar-refractivity contribution in [1.82, 2.24) is 0 Å². The molecule has 0 radical (unpaired) electrons. The minimum atomic E-state index is -0.127. The number of furan rings is 1. The standard InChI is InChI=1S/C71H83BN2O/c1-42-36-56-61-57(37-42)74(55-27-25-49-60(69(14,15)31-30-67(49,10)11)59(55)43-18-20-44(21-19-43)64(2,3)4)54-26-22-45(65(5,6)7)38-53(54)72(61)63-62(73(56)46-23-24-48-50(39-46)68(12,13)29-28-66(48,8)9)47-40-51-52(41-58(47)75-63)71(17)34-32-70(51,16)33-35-71/h18-27,36-41H,28-35H2,1-17H3. The molecule has 0 spiro atoms. The molecule has 3 nitrogen and oxygen atoms in total. The highest BCUT2D eigenvalue weighted by Crippen LogP contribution is 2.60. The van der Waals surface area contributed by atoms with Crippen molar-refractivity contribution in [3.05, 3.63) is 147 Å². The normalized spacial score (nSPS) is 23.3. The molecule has 0 saturated heterocycles. The Morgan fingerprint density at radius 2 is 1.00 bits per heavy atom. The van der Waals surface area contributed by atoms with Gasteiger partial charge in [0.1, 0.15) is 5.58 Å². The van der Waals surface area contributed by atoms with Crippen molar-refractivity contribution in [3.8, 4) is 11.1 Å². The summed E-state index contributed by atoms with van der Waals surface area (Å²) in [5, 5.41) is 1.25. The molecule has 1 saturated carbocycles. The monoisotopic (exact) mass is 991 g/mol. The molecule has 386 valence electrons. The Bertz CT molecular complexity index is 3570. The average molecular weight is 991 g/mol. The smallest absolute Gasteiger partial charge is 0.297 e. The quantitative estimate of drug-likeness (QED) is 0.165. The van der Waals surface area contributed by atoms with Crippen molar-refractivity contribution < 1.29 is 4.42 Å². The number of rotatable bonds is 3. The van der Waals surface area contributed by atoms with Gasteiger partial charge >= 0.3 is 0 Å². The summed E-state index contributed by atoms with van der Waals surface area (Å²) < 4.78 is 7.78. The van der Waals surface area contributed by atoms with E-state index in [1.807, 2.05) is 0 Å². The first kappa shape index (κ1) is 49.1. The summed E-state index contributed by atoms with van der Waals surface area (Å²) in [6.07, 6.45) is 9.63. The Balaban J connectivity index is 1.15. The Hall–Kier alpha value is -5.48. The first-order valence-corrected chi connectivity index (χ1v) is 29.0. The highest BCUT2D eigenvalue weighted by atomic mass is 16.3. The van der Waals surface area contributed by atoms with E-state index in [-0.39, 0.29) is 50.0 Å². The molecule has 3 heterocycles. The van der Waals surface area contributed by atoms with Crippen molar-refractivity contribution >= 4 is 68.4 Å². The molecule has 2 bridgehead atoms. The van der Waals surface area contributed by atoms with Crippen LogP contribution in [0.3, 0.4) is 0 Å². The van der Waals surface area contributed by atoms with E-state index >= 15 is 0 Å². The van der Waals surface area contributed by atoms with E-state index in [0.29, 0.717) is 0 Å². The van der Waals surface area contributed by atoms with Crippen LogP contribution in [0.1, 0.15) is 212 Å². The van der Waals surface area contributed by atoms with Crippen molar-refractivity contribution in [2.24, 2.45) is 0 Å². The largest absolute Gasteiger partial charge is 0.468 e. The number of anilines is 6. The molecule has 7 aliphatic rings. The Morgan fingerprint density at radius 3 is 1.63 bits per heavy atom. The summed E-state index contributed by atoms with van der Waals surface area (Å²) in [6, 6.07) is 39.9. The van der Waals surface area contributed by atoms with E-state index in [2.05, 4.69) is 225 Å². The Morgan fingerprint density at radius 1 is 0.467 bits per heavy atom. The fourth-order valence-electron chi connectivity index (χ4n) is 15.6. The van der Waals surface area contributed by atoms with E-state index < -0.39 is 0 Å². The van der Waals surface area contributed by atoms with E-state index in [1.54, 1.807) is 5.56 Å². The second-order valence-electron chi connectivity index (χ2n) is 30.1. The van der Waals surface area contributed by atoms with Crippen molar-refractivity contribution in [2.75, 3.05) is 9.80 Å². The molecule has 0 atom stereocenters. The second-order valence-corrected chi connectivity index (χ2v) is 30.1. The summed E-state index contributed by atoms with van der Waals surface area (Å²) in [4.78, 5) is 5.39. The van der Waals surface area contributed by atoms with Crippen molar-refractivity contribution in [2.45, 2.75) is 212 Å². The molecule has 75 heavy (non-hydrogen) atoms. The number of aryl methyl sites for hydroxylation is 1. The lowest BCUT2D eigenvalue weighted by Crippen LogP contribution is -2.61. The second kappa shape index (κ2) is 15.4. The third-order valence-corrected chi connectivity index (χ3v) is 20.9. The molecule has 1 fully saturated rings. The van der Waals surface area contributed by atoms with Gasteiger partial charge in [-0.25, -0.2) is 0 Å². The van der Waals surface area contributed by atoms with Gasteiger partial charge in [0.25, 0.3) is 6.71 Å². The summed E-state index contributed by atoms with van der Waals surface area (Å²) in [5.41, 5.74) is 28.3. The number of hydrogen-bond donors (Lipinski definition) is 0. The van der Waals surface area contributed by atoms with Crippen LogP contribution in [0.2, 0.25) is 0 Å². The third kappa shape index (κ3) is 7.04. The van der Waals surface area contributed by atoms with Gasteiger partial charge in [0.05, 0.1) is 17.0 Å². The van der Waals surface area contributed by atoms with Gasteiger partial charge in [0.2, 0.25) is 0 Å². The van der Waals surface area contributed by atoms with Gasteiger partial charge in [-0.3, -0.25) is 0 Å². The molecule has 5 aliphatic carbocycles. The molecule has 14 rings (SSSR count). The van der Waals surface area contributed by atoms with Gasteiger partial charge in [0.15, 0.2) is 0 Å². The van der Waals surface area contributed by atoms with Crippen LogP contribution in [-0.4, -0.2) is 6.71 Å². The minimum absolute atomic E-state index is 0.0380. The minimum Gasteiger partial charge on any atom is -0.468 e. The molecule has 7 aromatic rings. The Labute approximate surface area is 451 Å². The topological polar surface area (TPSA) is 19.6 Å². The maximum atomic E-state index is 7.78. The van der Waals surface area contributed by atoms with Gasteiger partial charge < -0.3 is 14.2 Å². The molecule has 4 heteroatoms. The molecule has 2 aliphatic heterocycles. The number of hydrogen-bond acceptors (Lipinski definition) is 3. The average Bonchev–Trinajstić information content (AvgIpc) is 3.96. The van der Waals surface area contributed by atoms with Crippen LogP contribution in [-0.2, 0) is 43.3 Å². The van der Waals surface area contributed by atoms with Gasteiger partial charge in [0, 0.05) is 33.7 Å². The summed E-state index contributed by atoms with van der Waals surface area (Å²) >= 11 is 0. The number of nitrogens with zero attached hydrogens (tertiary/aromatic N) is 2. The number of benzene rings is 6. The highest BCUT2D eigenvalue weighted by molar-refractivity contribution is 7.00. The number of fused-ring (bicyclic) bond motifs is 10. The zero-order chi connectivity index (χ0) is 53.1. The molecule has 0 amide bonds. The molecule has 0 N–H and O–H groups in total. The summed E-state index contributed by atoms with van der Waals surface area (Å²) in [6.45, 7) is 41.2. The van der Waals surface area contributed by atoms with Crippen molar-refractivity contribution in [3.63, 3.8) is 0 Å². The van der Waals surface area contributed by atoms with Crippen LogP contribution in [0.4, 0.5) is 34.1 Å². The maximum Gasteiger partial charge on any atom is 0.297 e. The lowest BCUT2D eigenvalue weighted by Gasteiger charge is -2.52. The van der Waals surface area contributed by atoms with Gasteiger partial charge in [-0.05, 0) is 217 Å². The predicted molar refractivity (Wildman–Crippen MR) is 322 cm³/mol. The first-order valence-electron chi connectivity index (χ1n) is 29.0. The van der Waals surface area contributed by atoms with E-state index in [4.69, 9.17) is 4.42 Å². The fraction of sp³-hybridized carbons (Fsp3) is 0.465. The fourth-order valence-corrected chi connectivity index (χ4v) is 15.6. The highest BCUT2D eigenvalue weighted by Gasteiger charge is 2.52. The summed E-state index contributed by atoms with van der Waals surface area (Å²) in [7, 11) is 0. The molecule has 1 aromatic heterocycles. The maximum absolute atomic E-state index is 7.78. The van der Waals surface area contributed by atoms with E-state index in [1.165, 1.54) is 151 Å². The zero-order valence-corrected chi connectivity index (χ0v) is 48.8. The predicted octanol–water partition coefficient (Wildman–Crippen LogP) is 17.9. The van der Waals surface area contributed by atoms with Crippen LogP contribution in [0.15, 0.2) is 101 Å². The van der Waals surface area contributed by atoms with Crippen LogP contribution < -0.4 is 26.4 Å². The third-order valence-electron chi connectivity index (χ3n) is 20.9. The summed E-state index contributed by atoms with van der Waals surface area (Å²) in [5.74, 6) is 0. The lowest BCUT2D eigenvalue weighted by atomic mass is 9.35. The van der Waals surface area contributed by atoms with Crippen LogP contribution in [0.5, 0.6) is 0 Å². The first-order chi connectivity index (χ1) is 35.0. The zero-order valence-electron chi connectivity index (χ0n) is 48.8. The molecule has 0 unspecified atom stereocenters. The van der Waals surface area contributed by atoms with Gasteiger partial charge in [-0.2, -0.15) is 0 Å². The van der Waals surface area contributed by atoms with Gasteiger partial charge in [-0.15, -0.1) is 0 Å². The SMILES string of the molecule is Cc1cc2c3c(c1)N(c1ccc4c(c1)C(C)(C)CCC4(C)C)c1c(oc4cc5c(cc14)C1(C)CCC5(C)CC1)B3c1cc(C(C)(C)C)ccc1N2c1ccc2c(c1-c1ccc(C(C)(C)C)cc1)C(C)(C)CCC2(C)C.